The van der Waals surface area contributed by atoms with Crippen LogP contribution in [0.3, 0.4) is 0 Å². The second kappa shape index (κ2) is 8.74. The van der Waals surface area contributed by atoms with Gasteiger partial charge in [0.1, 0.15) is 11.6 Å². The number of piperidine rings is 1. The number of hydrogen-bond acceptors (Lipinski definition) is 5. The summed E-state index contributed by atoms with van der Waals surface area (Å²) in [4.78, 5) is 17.1. The van der Waals surface area contributed by atoms with Gasteiger partial charge in [0.2, 0.25) is 5.91 Å². The number of nitrogens with one attached hydrogen (secondary N) is 1. The molecule has 2 fully saturated rings. The highest BCUT2D eigenvalue weighted by atomic mass is 35.5. The molecule has 5 rings (SSSR count). The van der Waals surface area contributed by atoms with Crippen LogP contribution in [0, 0.1) is 0 Å². The molecule has 1 saturated carbocycles. The largest absolute Gasteiger partial charge is 0.342 e. The Kier molecular flexibility index (Phi) is 6.27. The van der Waals surface area contributed by atoms with Crippen molar-refractivity contribution >= 4 is 29.7 Å². The summed E-state index contributed by atoms with van der Waals surface area (Å²) in [6, 6.07) is 4.27. The minimum atomic E-state index is -0.265. The van der Waals surface area contributed by atoms with Crippen LogP contribution in [-0.4, -0.2) is 45.2 Å². The Morgan fingerprint density at radius 2 is 1.93 bits per heavy atom. The summed E-state index contributed by atoms with van der Waals surface area (Å²) in [6.07, 6.45) is 7.61. The predicted octanol–water partition coefficient (Wildman–Crippen LogP) is 3.47. The van der Waals surface area contributed by atoms with Crippen LogP contribution in [0.15, 0.2) is 17.5 Å². The fraction of sp³-hybridized carbons (Fsp3) is 0.667. The van der Waals surface area contributed by atoms with Crippen LogP contribution in [-0.2, 0) is 23.3 Å². The number of likely N-dealkylation sites (tertiary alicyclic amines) is 1. The first-order chi connectivity index (χ1) is 13.8. The smallest absolute Gasteiger partial charge is 0.234 e. The van der Waals surface area contributed by atoms with Crippen molar-refractivity contribution in [1.82, 2.24) is 25.0 Å². The van der Waals surface area contributed by atoms with Crippen LogP contribution in [0.2, 0.25) is 0 Å². The van der Waals surface area contributed by atoms with E-state index in [1.807, 2.05) is 0 Å². The topological polar surface area (TPSA) is 63.1 Å². The standard InChI is InChI=1S/C21H29N5OS.ClH/c27-20(21(8-2-1-3-9-21)17-5-4-14-28-17)25-11-6-16(7-12-25)19-24-23-18-15-22-10-13-26(18)19;/h4-5,14,16,22H,1-3,6-13,15H2;1H. The SMILES string of the molecule is Cl.O=C(N1CCC(c2nnc3n2CCNC3)CC1)C1(c2cccs2)CCCCC1. The molecular formula is C21H30ClN5OS. The lowest BCUT2D eigenvalue weighted by molar-refractivity contribution is -0.139. The highest BCUT2D eigenvalue weighted by molar-refractivity contribution is 7.10. The van der Waals surface area contributed by atoms with E-state index < -0.39 is 0 Å². The molecule has 6 nitrogen and oxygen atoms in total. The molecule has 2 aliphatic heterocycles. The summed E-state index contributed by atoms with van der Waals surface area (Å²) in [7, 11) is 0. The van der Waals surface area contributed by atoms with Crippen LogP contribution in [0.4, 0.5) is 0 Å². The number of fused-ring (bicyclic) bond motifs is 1. The van der Waals surface area contributed by atoms with Crippen LogP contribution >= 0.6 is 23.7 Å². The number of thiophene rings is 1. The molecule has 2 aromatic rings. The number of amides is 1. The zero-order valence-electron chi connectivity index (χ0n) is 16.8. The first-order valence-electron chi connectivity index (χ1n) is 10.7. The van der Waals surface area contributed by atoms with E-state index in [9.17, 15) is 4.79 Å². The molecule has 0 atom stereocenters. The minimum Gasteiger partial charge on any atom is -0.342 e. The van der Waals surface area contributed by atoms with Crippen molar-refractivity contribution < 1.29 is 4.79 Å². The van der Waals surface area contributed by atoms with Crippen molar-refractivity contribution in [3.05, 3.63) is 34.0 Å². The quantitative estimate of drug-likeness (QED) is 0.801. The summed E-state index contributed by atoms with van der Waals surface area (Å²) in [6.45, 7) is 4.44. The van der Waals surface area contributed by atoms with Gasteiger partial charge >= 0.3 is 0 Å². The molecule has 1 amide bonds. The van der Waals surface area contributed by atoms with Crippen molar-refractivity contribution in [1.29, 1.82) is 0 Å². The Bertz CT molecular complexity index is 822. The number of carbonyl (C=O) groups is 1. The van der Waals surface area contributed by atoms with Gasteiger partial charge in [-0.2, -0.15) is 0 Å². The van der Waals surface area contributed by atoms with E-state index in [1.54, 1.807) is 11.3 Å². The Hall–Kier alpha value is -1.44. The highest BCUT2D eigenvalue weighted by Crippen LogP contribution is 2.43. The number of rotatable bonds is 3. The van der Waals surface area contributed by atoms with E-state index >= 15 is 0 Å². The molecule has 0 bridgehead atoms. The molecule has 158 valence electrons. The number of halogens is 1. The van der Waals surface area contributed by atoms with Gasteiger partial charge in [-0.05, 0) is 37.1 Å². The molecule has 3 aliphatic rings. The zero-order chi connectivity index (χ0) is 19.0. The maximum atomic E-state index is 13.7. The van der Waals surface area contributed by atoms with Crippen LogP contribution < -0.4 is 5.32 Å². The van der Waals surface area contributed by atoms with E-state index in [0.717, 1.165) is 70.1 Å². The van der Waals surface area contributed by atoms with E-state index in [2.05, 4.69) is 42.5 Å². The third-order valence-electron chi connectivity index (χ3n) is 6.91. The van der Waals surface area contributed by atoms with Crippen LogP contribution in [0.25, 0.3) is 0 Å². The molecule has 1 saturated heterocycles. The summed E-state index contributed by atoms with van der Waals surface area (Å²) in [5, 5.41) is 14.4. The highest BCUT2D eigenvalue weighted by Gasteiger charge is 2.45. The van der Waals surface area contributed by atoms with E-state index in [4.69, 9.17) is 0 Å². The van der Waals surface area contributed by atoms with Crippen molar-refractivity contribution in [2.45, 2.75) is 69.4 Å². The second-order valence-corrected chi connectivity index (χ2v) is 9.44. The van der Waals surface area contributed by atoms with Gasteiger partial charge in [0.25, 0.3) is 0 Å². The second-order valence-electron chi connectivity index (χ2n) is 8.49. The van der Waals surface area contributed by atoms with Gasteiger partial charge in [-0.1, -0.05) is 25.3 Å². The fourth-order valence-corrected chi connectivity index (χ4v) is 6.31. The van der Waals surface area contributed by atoms with E-state index in [-0.39, 0.29) is 17.8 Å². The van der Waals surface area contributed by atoms with Gasteiger partial charge in [-0.3, -0.25) is 4.79 Å². The Balaban J connectivity index is 0.00000205. The van der Waals surface area contributed by atoms with E-state index in [1.165, 1.54) is 24.1 Å². The van der Waals surface area contributed by atoms with Gasteiger partial charge in [0, 0.05) is 37.0 Å². The molecule has 2 aromatic heterocycles. The number of aromatic nitrogens is 3. The van der Waals surface area contributed by atoms with Gasteiger partial charge in [0.15, 0.2) is 0 Å². The summed E-state index contributed by atoms with van der Waals surface area (Å²) in [5.41, 5.74) is -0.265. The average Bonchev–Trinajstić information content (AvgIpc) is 3.44. The molecule has 0 spiro atoms. The lowest BCUT2D eigenvalue weighted by atomic mass is 9.71. The Labute approximate surface area is 182 Å². The first kappa shape index (κ1) is 20.8. The Morgan fingerprint density at radius 1 is 1.14 bits per heavy atom. The minimum absolute atomic E-state index is 0. The van der Waals surface area contributed by atoms with E-state index in [0.29, 0.717) is 11.8 Å². The normalized spacial score (nSPS) is 22.0. The lowest BCUT2D eigenvalue weighted by Gasteiger charge is -2.41. The molecule has 1 N–H and O–H groups in total. The van der Waals surface area contributed by atoms with Crippen molar-refractivity contribution in [2.75, 3.05) is 19.6 Å². The molecule has 8 heteroatoms. The van der Waals surface area contributed by atoms with Crippen LogP contribution in [0.1, 0.15) is 67.4 Å². The first-order valence-corrected chi connectivity index (χ1v) is 11.6. The molecule has 4 heterocycles. The third kappa shape index (κ3) is 3.73. The van der Waals surface area contributed by atoms with Gasteiger partial charge in [-0.25, -0.2) is 0 Å². The molecule has 1 aliphatic carbocycles. The number of nitrogens with zero attached hydrogens (tertiary/aromatic N) is 4. The van der Waals surface area contributed by atoms with Crippen LogP contribution in [0.5, 0.6) is 0 Å². The van der Waals surface area contributed by atoms with Crippen molar-refractivity contribution in [3.63, 3.8) is 0 Å². The lowest BCUT2D eigenvalue weighted by Crippen LogP contribution is -2.50. The van der Waals surface area contributed by atoms with Gasteiger partial charge in [-0.15, -0.1) is 33.9 Å². The van der Waals surface area contributed by atoms with Gasteiger partial charge < -0.3 is 14.8 Å². The number of carbonyl (C=O) groups excluding carboxylic acids is 1. The Morgan fingerprint density at radius 3 is 2.66 bits per heavy atom. The number of hydrogen-bond donors (Lipinski definition) is 1. The van der Waals surface area contributed by atoms with Crippen molar-refractivity contribution in [2.24, 2.45) is 0 Å². The van der Waals surface area contributed by atoms with Gasteiger partial charge in [0.05, 0.1) is 12.0 Å². The third-order valence-corrected chi connectivity index (χ3v) is 7.98. The summed E-state index contributed by atoms with van der Waals surface area (Å²) >= 11 is 1.76. The zero-order valence-corrected chi connectivity index (χ0v) is 18.4. The molecule has 0 aromatic carbocycles. The maximum Gasteiger partial charge on any atom is 0.234 e. The monoisotopic (exact) mass is 435 g/mol. The molecular weight excluding hydrogens is 406 g/mol. The fourth-order valence-electron chi connectivity index (χ4n) is 5.33. The van der Waals surface area contributed by atoms with Crippen molar-refractivity contribution in [3.8, 4) is 0 Å². The molecule has 0 radical (unpaired) electrons. The summed E-state index contributed by atoms with van der Waals surface area (Å²) < 4.78 is 2.30. The maximum absolute atomic E-state index is 13.7. The average molecular weight is 436 g/mol. The molecule has 0 unspecified atom stereocenters. The predicted molar refractivity (Wildman–Crippen MR) is 117 cm³/mol. The molecule has 29 heavy (non-hydrogen) atoms. The summed E-state index contributed by atoms with van der Waals surface area (Å²) in [5.74, 6) is 2.99.